The topological polar surface area (TPSA) is 55.1 Å². The van der Waals surface area contributed by atoms with Gasteiger partial charge in [-0.1, -0.05) is 74.5 Å². The van der Waals surface area contributed by atoms with Gasteiger partial charge in [-0.3, -0.25) is 4.79 Å². The van der Waals surface area contributed by atoms with Gasteiger partial charge in [-0.15, -0.1) is 12.4 Å². The number of carbonyl (C=O) groups is 1. The predicted molar refractivity (Wildman–Crippen MR) is 119 cm³/mol. The van der Waals surface area contributed by atoms with Crippen molar-refractivity contribution in [1.82, 2.24) is 0 Å². The molecule has 146 valence electrons. The Balaban J connectivity index is 0.00000225. The van der Waals surface area contributed by atoms with Gasteiger partial charge in [-0.25, -0.2) is 0 Å². The summed E-state index contributed by atoms with van der Waals surface area (Å²) in [6.45, 7) is 4.22. The van der Waals surface area contributed by atoms with Crippen molar-refractivity contribution in [3.63, 3.8) is 0 Å². The summed E-state index contributed by atoms with van der Waals surface area (Å²) in [6, 6.07) is 24.4. The van der Waals surface area contributed by atoms with Crippen LogP contribution < -0.4 is 11.1 Å². The Morgan fingerprint density at radius 3 is 2.39 bits per heavy atom. The summed E-state index contributed by atoms with van der Waals surface area (Å²) >= 11 is 0. The fraction of sp³-hybridized carbons (Fsp3) is 0.292. The molecular formula is C24H27ClN2O. The maximum Gasteiger partial charge on any atom is 0.227 e. The summed E-state index contributed by atoms with van der Waals surface area (Å²) in [6.07, 6.45) is 0.982. The van der Waals surface area contributed by atoms with Gasteiger partial charge in [0.05, 0.1) is 0 Å². The molecule has 3 nitrogen and oxygen atoms in total. The Morgan fingerprint density at radius 2 is 1.68 bits per heavy atom. The van der Waals surface area contributed by atoms with Crippen LogP contribution in [0.3, 0.4) is 0 Å². The first kappa shape index (κ1) is 20.4. The van der Waals surface area contributed by atoms with Crippen LogP contribution in [0.15, 0.2) is 72.8 Å². The molecule has 1 amide bonds. The van der Waals surface area contributed by atoms with E-state index >= 15 is 0 Å². The van der Waals surface area contributed by atoms with Gasteiger partial charge < -0.3 is 11.1 Å². The molecule has 1 aliphatic rings. The van der Waals surface area contributed by atoms with Crippen LogP contribution in [-0.2, 0) is 4.79 Å². The zero-order chi connectivity index (χ0) is 19.0. The lowest BCUT2D eigenvalue weighted by atomic mass is 9.87. The highest BCUT2D eigenvalue weighted by atomic mass is 35.5. The largest absolute Gasteiger partial charge is 0.326 e. The predicted octanol–water partition coefficient (Wildman–Crippen LogP) is 5.56. The van der Waals surface area contributed by atoms with Gasteiger partial charge in [-0.05, 0) is 46.2 Å². The molecule has 0 heterocycles. The quantitative estimate of drug-likeness (QED) is 0.595. The van der Waals surface area contributed by atoms with Crippen LogP contribution in [0.25, 0.3) is 10.8 Å². The number of nitrogens with two attached hydrogens (primary N) is 1. The van der Waals surface area contributed by atoms with Crippen LogP contribution in [0.2, 0.25) is 0 Å². The number of nitrogens with one attached hydrogen (secondary N) is 1. The van der Waals surface area contributed by atoms with E-state index in [0.29, 0.717) is 5.92 Å². The SMILES string of the molecule is C[C@@H](C(=O)Nc1ccc2ccccc2c1)[C@@H]1C[C@@]1(C)[C@@H](N)c1ccccc1.Cl. The molecule has 0 unspecified atom stereocenters. The Hall–Kier alpha value is -2.36. The number of anilines is 1. The van der Waals surface area contributed by atoms with E-state index in [4.69, 9.17) is 5.73 Å². The van der Waals surface area contributed by atoms with Crippen LogP contribution >= 0.6 is 12.4 Å². The lowest BCUT2D eigenvalue weighted by Crippen LogP contribution is -2.28. The molecule has 0 radical (unpaired) electrons. The van der Waals surface area contributed by atoms with E-state index in [1.54, 1.807) is 0 Å². The molecule has 3 N–H and O–H groups in total. The fourth-order valence-corrected chi connectivity index (χ4v) is 4.27. The molecule has 3 aromatic carbocycles. The van der Waals surface area contributed by atoms with Gasteiger partial charge in [0.15, 0.2) is 0 Å². The number of hydrogen-bond donors (Lipinski definition) is 2. The molecule has 0 spiro atoms. The molecule has 1 saturated carbocycles. The van der Waals surface area contributed by atoms with Gasteiger partial charge in [-0.2, -0.15) is 0 Å². The van der Waals surface area contributed by atoms with E-state index in [2.05, 4.69) is 36.5 Å². The van der Waals surface area contributed by atoms with Crippen molar-refractivity contribution in [3.05, 3.63) is 78.4 Å². The number of rotatable bonds is 5. The van der Waals surface area contributed by atoms with E-state index < -0.39 is 0 Å². The molecule has 1 aliphatic carbocycles. The third-order valence-corrected chi connectivity index (χ3v) is 6.25. The molecule has 4 heteroatoms. The number of fused-ring (bicyclic) bond motifs is 1. The van der Waals surface area contributed by atoms with Crippen molar-refractivity contribution < 1.29 is 4.79 Å². The van der Waals surface area contributed by atoms with Crippen molar-refractivity contribution in [2.24, 2.45) is 23.0 Å². The minimum absolute atomic E-state index is 0. The maximum atomic E-state index is 12.8. The normalized spacial score (nSPS) is 22.8. The van der Waals surface area contributed by atoms with E-state index in [-0.39, 0.29) is 35.7 Å². The summed E-state index contributed by atoms with van der Waals surface area (Å²) in [7, 11) is 0. The zero-order valence-corrected chi connectivity index (χ0v) is 17.1. The van der Waals surface area contributed by atoms with Gasteiger partial charge in [0.25, 0.3) is 0 Å². The van der Waals surface area contributed by atoms with E-state index in [0.717, 1.165) is 23.1 Å². The first-order valence-corrected chi connectivity index (χ1v) is 9.59. The van der Waals surface area contributed by atoms with Crippen molar-refractivity contribution in [1.29, 1.82) is 0 Å². The molecule has 4 atom stereocenters. The molecular weight excluding hydrogens is 368 g/mol. The summed E-state index contributed by atoms with van der Waals surface area (Å²) < 4.78 is 0. The standard InChI is InChI=1S/C24H26N2O.ClH/c1-16(21-15-24(21,2)22(25)18-9-4-3-5-10-18)23(27)26-20-13-12-17-8-6-7-11-19(17)14-20;/h3-14,16,21-22H,15,25H2,1-2H3,(H,26,27);1H/t16-,21+,22+,24-;/m1./s1. The Labute approximate surface area is 172 Å². The van der Waals surface area contributed by atoms with E-state index in [1.165, 1.54) is 5.39 Å². The first-order valence-electron chi connectivity index (χ1n) is 9.59. The van der Waals surface area contributed by atoms with Gasteiger partial charge in [0, 0.05) is 17.6 Å². The highest BCUT2D eigenvalue weighted by Crippen LogP contribution is 2.62. The summed E-state index contributed by atoms with van der Waals surface area (Å²) in [5.41, 5.74) is 8.51. The lowest BCUT2D eigenvalue weighted by molar-refractivity contribution is -0.120. The van der Waals surface area contributed by atoms with E-state index in [9.17, 15) is 4.79 Å². The molecule has 28 heavy (non-hydrogen) atoms. The summed E-state index contributed by atoms with van der Waals surface area (Å²) in [4.78, 5) is 12.8. The Morgan fingerprint density at radius 1 is 1.04 bits per heavy atom. The Kier molecular flexibility index (Phi) is 5.78. The van der Waals surface area contributed by atoms with Crippen molar-refractivity contribution >= 4 is 34.8 Å². The highest BCUT2D eigenvalue weighted by Gasteiger charge is 2.57. The average molecular weight is 395 g/mol. The summed E-state index contributed by atoms with van der Waals surface area (Å²) in [5, 5.41) is 5.40. The van der Waals surface area contributed by atoms with E-state index in [1.807, 2.05) is 55.5 Å². The average Bonchev–Trinajstić information content (AvgIpc) is 3.40. The molecule has 4 rings (SSSR count). The smallest absolute Gasteiger partial charge is 0.227 e. The number of benzene rings is 3. The molecule has 0 aliphatic heterocycles. The van der Waals surface area contributed by atoms with Crippen LogP contribution in [0, 0.1) is 17.3 Å². The number of amides is 1. The van der Waals surface area contributed by atoms with Crippen LogP contribution in [0.5, 0.6) is 0 Å². The molecule has 0 aromatic heterocycles. The van der Waals surface area contributed by atoms with Gasteiger partial charge >= 0.3 is 0 Å². The zero-order valence-electron chi connectivity index (χ0n) is 16.3. The second-order valence-corrected chi connectivity index (χ2v) is 8.04. The lowest BCUT2D eigenvalue weighted by Gasteiger charge is -2.23. The van der Waals surface area contributed by atoms with Crippen LogP contribution in [-0.4, -0.2) is 5.91 Å². The number of hydrogen-bond acceptors (Lipinski definition) is 2. The van der Waals surface area contributed by atoms with Crippen molar-refractivity contribution in [2.75, 3.05) is 5.32 Å². The molecule has 0 bridgehead atoms. The second-order valence-electron chi connectivity index (χ2n) is 8.04. The third-order valence-electron chi connectivity index (χ3n) is 6.25. The third kappa shape index (κ3) is 3.78. The molecule has 0 saturated heterocycles. The Bertz CT molecular complexity index is 975. The highest BCUT2D eigenvalue weighted by molar-refractivity contribution is 5.95. The van der Waals surface area contributed by atoms with Crippen LogP contribution in [0.4, 0.5) is 5.69 Å². The minimum atomic E-state index is -0.0729. The second kappa shape index (κ2) is 7.94. The van der Waals surface area contributed by atoms with Gasteiger partial charge in [0.1, 0.15) is 0 Å². The molecule has 3 aromatic rings. The summed E-state index contributed by atoms with van der Waals surface area (Å²) in [5.74, 6) is 0.295. The van der Waals surface area contributed by atoms with Crippen molar-refractivity contribution in [2.45, 2.75) is 26.3 Å². The number of halogens is 1. The minimum Gasteiger partial charge on any atom is -0.326 e. The molecule has 1 fully saturated rings. The fourth-order valence-electron chi connectivity index (χ4n) is 4.27. The number of carbonyl (C=O) groups excluding carboxylic acids is 1. The first-order chi connectivity index (χ1) is 13.0. The van der Waals surface area contributed by atoms with Gasteiger partial charge in [0.2, 0.25) is 5.91 Å². The monoisotopic (exact) mass is 394 g/mol. The van der Waals surface area contributed by atoms with Crippen LogP contribution in [0.1, 0.15) is 31.9 Å². The maximum absolute atomic E-state index is 12.8. The van der Waals surface area contributed by atoms with Crippen molar-refractivity contribution in [3.8, 4) is 0 Å².